The average molecular weight is 828 g/mol. The predicted octanol–water partition coefficient (Wildman–Crippen LogP) is 7.21. The fraction of sp³-hybridized carbons (Fsp3) is 0.282. The van der Waals surface area contributed by atoms with Crippen LogP contribution < -0.4 is 13.8 Å². The summed E-state index contributed by atoms with van der Waals surface area (Å²) in [4.78, 5) is 36.6. The summed E-state index contributed by atoms with van der Waals surface area (Å²) in [5.41, 5.74) is 1.96. The first-order chi connectivity index (χ1) is 26.7. The number of imide groups is 1. The Bertz CT molecular complexity index is 2400. The van der Waals surface area contributed by atoms with Crippen molar-refractivity contribution in [2.24, 2.45) is 5.92 Å². The number of aliphatic hydroxyl groups is 1. The van der Waals surface area contributed by atoms with E-state index in [2.05, 4.69) is 14.7 Å². The minimum absolute atomic E-state index is 0.00204. The number of para-hydroxylation sites is 1. The summed E-state index contributed by atoms with van der Waals surface area (Å²) in [5.74, 6) is -1.40. The van der Waals surface area contributed by atoms with Gasteiger partial charge in [0.1, 0.15) is 0 Å². The van der Waals surface area contributed by atoms with Crippen molar-refractivity contribution in [1.82, 2.24) is 14.9 Å². The molecule has 1 N–H and O–H groups in total. The maximum Gasteiger partial charge on any atom is 0.387 e. The minimum Gasteiger partial charge on any atom is -0.489 e. The molecule has 1 aliphatic carbocycles. The normalized spacial score (nSPS) is 15.3. The maximum absolute atomic E-state index is 13.7. The van der Waals surface area contributed by atoms with E-state index in [-0.39, 0.29) is 63.8 Å². The Morgan fingerprint density at radius 2 is 1.68 bits per heavy atom. The number of pyridine rings is 2. The molecule has 0 saturated heterocycles. The number of rotatable bonds is 16. The lowest BCUT2D eigenvalue weighted by Crippen LogP contribution is -2.38. The van der Waals surface area contributed by atoms with E-state index in [0.717, 1.165) is 33.7 Å². The molecule has 2 aliphatic rings. The Balaban J connectivity index is 1.13. The zero-order valence-electron chi connectivity index (χ0n) is 29.6. The van der Waals surface area contributed by atoms with Crippen LogP contribution in [0.1, 0.15) is 56.5 Å². The molecule has 1 saturated carbocycles. The number of halogens is 4. The lowest BCUT2D eigenvalue weighted by Gasteiger charge is -2.26. The van der Waals surface area contributed by atoms with Crippen molar-refractivity contribution in [3.63, 3.8) is 0 Å². The number of aromatic nitrogens is 2. The molecule has 12 nitrogen and oxygen atoms in total. The quantitative estimate of drug-likeness (QED) is 0.0800. The van der Waals surface area contributed by atoms with Crippen LogP contribution in [0.5, 0.6) is 11.5 Å². The number of hydrogen-bond donors (Lipinski definition) is 1. The van der Waals surface area contributed by atoms with Crippen molar-refractivity contribution < 1.29 is 46.1 Å². The van der Waals surface area contributed by atoms with Crippen molar-refractivity contribution in [3.05, 3.63) is 123 Å². The van der Waals surface area contributed by atoms with Crippen LogP contribution in [0.3, 0.4) is 0 Å². The van der Waals surface area contributed by atoms with Gasteiger partial charge in [-0.2, -0.15) is 8.78 Å². The van der Waals surface area contributed by atoms with Crippen molar-refractivity contribution in [2.75, 3.05) is 23.7 Å². The summed E-state index contributed by atoms with van der Waals surface area (Å²) in [5, 5.41) is 12.6. The second-order valence-electron chi connectivity index (χ2n) is 13.4. The summed E-state index contributed by atoms with van der Waals surface area (Å²) in [6, 6.07) is 19.2. The molecule has 7 rings (SSSR count). The SMILES string of the molecule is CS(=O)(=O)N(Cc1ccc2ccccc2n1)c1ccc2c(c1)C(=O)N(CC(O)O[C@@H](Cc1c(Cl)cncc1Cl)c1ccc(OC(F)F)c(OCC3CC3)c1)C2=O. The van der Waals surface area contributed by atoms with E-state index < -0.39 is 47.4 Å². The highest BCUT2D eigenvalue weighted by atomic mass is 35.5. The van der Waals surface area contributed by atoms with Crippen molar-refractivity contribution in [3.8, 4) is 11.5 Å². The number of alkyl halides is 2. The highest BCUT2D eigenvalue weighted by molar-refractivity contribution is 7.92. The molecule has 3 heterocycles. The largest absolute Gasteiger partial charge is 0.489 e. The molecular weight excluding hydrogens is 793 g/mol. The number of ether oxygens (including phenoxy) is 3. The van der Waals surface area contributed by atoms with E-state index in [1.807, 2.05) is 30.3 Å². The van der Waals surface area contributed by atoms with Crippen molar-refractivity contribution in [2.45, 2.75) is 44.8 Å². The molecular formula is C39H34Cl2F2N4O8S. The lowest BCUT2D eigenvalue weighted by molar-refractivity contribution is -0.141. The number of carbonyl (C=O) groups is 2. The van der Waals surface area contributed by atoms with E-state index in [1.165, 1.54) is 48.8 Å². The Labute approximate surface area is 330 Å². The van der Waals surface area contributed by atoms with E-state index >= 15 is 0 Å². The molecule has 0 bridgehead atoms. The number of β-amino-alcohol motifs (C(OH)–C–C–N with tert-alkyl or cyclic N) is 1. The van der Waals surface area contributed by atoms with Gasteiger partial charge in [0.2, 0.25) is 10.0 Å². The smallest absolute Gasteiger partial charge is 0.387 e. The van der Waals surface area contributed by atoms with Gasteiger partial charge in [-0.15, -0.1) is 0 Å². The van der Waals surface area contributed by atoms with E-state index in [0.29, 0.717) is 22.3 Å². The number of hydrogen-bond acceptors (Lipinski definition) is 10. The van der Waals surface area contributed by atoms with Gasteiger partial charge in [-0.1, -0.05) is 53.5 Å². The minimum atomic E-state index is -3.89. The Morgan fingerprint density at radius 3 is 2.39 bits per heavy atom. The van der Waals surface area contributed by atoms with E-state index in [1.54, 1.807) is 6.07 Å². The van der Waals surface area contributed by atoms with Crippen molar-refractivity contribution >= 4 is 61.6 Å². The molecule has 5 aromatic rings. The fourth-order valence-electron chi connectivity index (χ4n) is 6.32. The molecule has 2 aromatic heterocycles. The number of aliphatic hydroxyl groups excluding tert-OH is 1. The van der Waals surface area contributed by atoms with Crippen LogP contribution in [-0.4, -0.2) is 72.5 Å². The van der Waals surface area contributed by atoms with Gasteiger partial charge in [-0.05, 0) is 72.4 Å². The highest BCUT2D eigenvalue weighted by Gasteiger charge is 2.38. The van der Waals surface area contributed by atoms with Crippen LogP contribution in [0.4, 0.5) is 14.5 Å². The lowest BCUT2D eigenvalue weighted by atomic mass is 10.0. The van der Waals surface area contributed by atoms with Gasteiger partial charge < -0.3 is 19.3 Å². The Hall–Kier alpha value is -4.93. The Morgan fingerprint density at radius 1 is 0.946 bits per heavy atom. The summed E-state index contributed by atoms with van der Waals surface area (Å²) >= 11 is 12.9. The molecule has 2 atom stereocenters. The Kier molecular flexibility index (Phi) is 11.4. The van der Waals surface area contributed by atoms with Crippen LogP contribution in [0.2, 0.25) is 10.0 Å². The molecule has 3 aromatic carbocycles. The zero-order chi connectivity index (χ0) is 39.7. The van der Waals surface area contributed by atoms with E-state index in [4.69, 9.17) is 32.7 Å². The first-order valence-electron chi connectivity index (χ1n) is 17.4. The molecule has 1 unspecified atom stereocenters. The molecule has 292 valence electrons. The molecule has 0 spiro atoms. The number of amides is 2. The number of fused-ring (bicyclic) bond motifs is 2. The zero-order valence-corrected chi connectivity index (χ0v) is 32.0. The van der Waals surface area contributed by atoms with Gasteiger partial charge in [0.25, 0.3) is 11.8 Å². The maximum atomic E-state index is 13.7. The third-order valence-electron chi connectivity index (χ3n) is 9.33. The first kappa shape index (κ1) is 39.3. The van der Waals surface area contributed by atoms with Crippen LogP contribution in [0.25, 0.3) is 10.9 Å². The van der Waals surface area contributed by atoms with Crippen molar-refractivity contribution in [1.29, 1.82) is 0 Å². The number of carbonyl (C=O) groups excluding carboxylic acids is 2. The molecule has 17 heteroatoms. The third kappa shape index (κ3) is 8.87. The standard InChI is InChI=1S/C39H34Cl2F2N4O8S/c1-56(51,52)47(19-25-10-8-23-4-2-3-5-32(23)45-25)26-11-12-27-28(15-26)38(50)46(37(27)49)20-36(48)54-34(16-29-30(40)17-44-18-31(29)41)24-9-13-33(55-39(42)43)35(14-24)53-21-22-6-7-22/h2-5,8-15,17-18,22,34,36,39,48H,6-7,16,19-21H2,1H3/t34-,36?/m0/s1. The molecule has 1 aliphatic heterocycles. The first-order valence-corrected chi connectivity index (χ1v) is 20.0. The summed E-state index contributed by atoms with van der Waals surface area (Å²) in [6.45, 7) is -3.59. The molecule has 56 heavy (non-hydrogen) atoms. The number of benzene rings is 3. The van der Waals surface area contributed by atoms with Gasteiger partial charge >= 0.3 is 6.61 Å². The molecule has 1 fully saturated rings. The van der Waals surface area contributed by atoms with Gasteiger partial charge in [0.05, 0.1) is 70.1 Å². The van der Waals surface area contributed by atoms with Gasteiger partial charge in [-0.3, -0.25) is 28.8 Å². The number of sulfonamides is 1. The van der Waals surface area contributed by atoms with Gasteiger partial charge in [0.15, 0.2) is 17.8 Å². The summed E-state index contributed by atoms with van der Waals surface area (Å²) in [6.07, 6.45) is 2.76. The highest BCUT2D eigenvalue weighted by Crippen LogP contribution is 2.38. The monoisotopic (exact) mass is 826 g/mol. The van der Waals surface area contributed by atoms with Gasteiger partial charge in [-0.25, -0.2) is 8.42 Å². The molecule has 2 amide bonds. The summed E-state index contributed by atoms with van der Waals surface area (Å²) < 4.78 is 70.2. The fourth-order valence-corrected chi connectivity index (χ4v) is 7.70. The van der Waals surface area contributed by atoms with E-state index in [9.17, 15) is 31.9 Å². The van der Waals surface area contributed by atoms with Crippen LogP contribution >= 0.6 is 23.2 Å². The number of nitrogens with zero attached hydrogens (tertiary/aromatic N) is 4. The van der Waals surface area contributed by atoms with Gasteiger partial charge in [0, 0.05) is 24.2 Å². The number of anilines is 1. The van der Waals surface area contributed by atoms with Crippen LogP contribution in [-0.2, 0) is 27.7 Å². The third-order valence-corrected chi connectivity index (χ3v) is 11.1. The van der Waals surface area contributed by atoms with Crippen LogP contribution in [0.15, 0.2) is 85.2 Å². The summed E-state index contributed by atoms with van der Waals surface area (Å²) in [7, 11) is -3.89. The second kappa shape index (κ2) is 16.3. The topological polar surface area (TPSA) is 148 Å². The predicted molar refractivity (Wildman–Crippen MR) is 204 cm³/mol. The average Bonchev–Trinajstić information content (AvgIpc) is 3.96. The second-order valence-corrected chi connectivity index (χ2v) is 16.1. The molecule has 0 radical (unpaired) electrons. The van der Waals surface area contributed by atoms with Crippen LogP contribution in [0, 0.1) is 5.92 Å².